The number of benzene rings is 2. The largest absolute Gasteiger partial charge is 0.497 e. The lowest BCUT2D eigenvalue weighted by molar-refractivity contribution is 0.0946. The number of carbonyl (C=O) groups is 1. The van der Waals surface area contributed by atoms with Gasteiger partial charge in [-0.1, -0.05) is 37.3 Å². The average molecular weight is 487 g/mol. The van der Waals surface area contributed by atoms with Crippen LogP contribution in [0.3, 0.4) is 0 Å². The molecule has 4 aromatic rings. The van der Waals surface area contributed by atoms with Gasteiger partial charge in [0.2, 0.25) is 0 Å². The Morgan fingerprint density at radius 2 is 1.78 bits per heavy atom. The molecule has 0 aliphatic heterocycles. The molecule has 0 bridgehead atoms. The van der Waals surface area contributed by atoms with Gasteiger partial charge in [-0.2, -0.15) is 0 Å². The minimum Gasteiger partial charge on any atom is -0.497 e. The average Bonchev–Trinajstić information content (AvgIpc) is 3.30. The number of ether oxygens (including phenoxy) is 2. The van der Waals surface area contributed by atoms with Gasteiger partial charge in [-0.3, -0.25) is 9.20 Å². The first kappa shape index (κ1) is 25.1. The van der Waals surface area contributed by atoms with Crippen LogP contribution in [-0.4, -0.2) is 49.1 Å². The summed E-state index contributed by atoms with van der Waals surface area (Å²) < 4.78 is 12.9. The Morgan fingerprint density at radius 3 is 2.50 bits per heavy atom. The molecule has 36 heavy (non-hydrogen) atoms. The predicted molar refractivity (Wildman–Crippen MR) is 143 cm³/mol. The summed E-state index contributed by atoms with van der Waals surface area (Å²) in [6, 6.07) is 21.6. The second-order valence-corrected chi connectivity index (χ2v) is 8.67. The van der Waals surface area contributed by atoms with Crippen LogP contribution in [0.5, 0.6) is 11.5 Å². The van der Waals surface area contributed by atoms with Gasteiger partial charge in [0.1, 0.15) is 29.6 Å². The first-order chi connectivity index (χ1) is 17.6. The summed E-state index contributed by atoms with van der Waals surface area (Å²) in [5.74, 6) is 2.41. The van der Waals surface area contributed by atoms with Crippen LogP contribution in [0.1, 0.15) is 35.0 Å². The van der Waals surface area contributed by atoms with Crippen LogP contribution in [0, 0.1) is 0 Å². The molecule has 0 radical (unpaired) electrons. The molecule has 0 fully saturated rings. The standard InChI is InChI=1S/C29H34N4O3/c1-4-26-29(32(2)19-8-11-22-9-6-5-7-10-22)33-21-23(12-17-27(33)31-26)28(34)30-18-20-36-25-15-13-24(35-3)14-16-25/h5-7,9-10,12-17,21H,4,8,11,18-20H2,1-3H3,(H,30,34). The number of aromatic nitrogens is 2. The fraction of sp³-hybridized carbons (Fsp3) is 0.310. The van der Waals surface area contributed by atoms with Gasteiger partial charge in [0.25, 0.3) is 5.91 Å². The minimum absolute atomic E-state index is 0.139. The third kappa shape index (κ3) is 6.16. The Morgan fingerprint density at radius 1 is 1.03 bits per heavy atom. The van der Waals surface area contributed by atoms with E-state index in [0.717, 1.165) is 54.5 Å². The number of amides is 1. The lowest BCUT2D eigenvalue weighted by Crippen LogP contribution is -2.28. The van der Waals surface area contributed by atoms with Crippen molar-refractivity contribution in [3.8, 4) is 11.5 Å². The van der Waals surface area contributed by atoms with Crippen LogP contribution in [-0.2, 0) is 12.8 Å². The van der Waals surface area contributed by atoms with E-state index < -0.39 is 0 Å². The number of pyridine rings is 1. The molecular formula is C29H34N4O3. The molecule has 7 nitrogen and oxygen atoms in total. The lowest BCUT2D eigenvalue weighted by atomic mass is 10.1. The summed E-state index contributed by atoms with van der Waals surface area (Å²) in [6.45, 7) is 3.79. The quantitative estimate of drug-likeness (QED) is 0.292. The van der Waals surface area contributed by atoms with E-state index in [1.807, 2.05) is 53.1 Å². The van der Waals surface area contributed by atoms with Crippen molar-refractivity contribution >= 4 is 17.4 Å². The van der Waals surface area contributed by atoms with Crippen molar-refractivity contribution in [3.05, 3.63) is 89.7 Å². The van der Waals surface area contributed by atoms with Crippen molar-refractivity contribution in [2.75, 3.05) is 38.8 Å². The van der Waals surface area contributed by atoms with Crippen molar-refractivity contribution in [1.29, 1.82) is 0 Å². The second-order valence-electron chi connectivity index (χ2n) is 8.67. The van der Waals surface area contributed by atoms with Gasteiger partial charge in [-0.05, 0) is 61.2 Å². The maximum absolute atomic E-state index is 12.8. The Balaban J connectivity index is 1.38. The van der Waals surface area contributed by atoms with Gasteiger partial charge in [0.15, 0.2) is 0 Å². The number of hydrogen-bond donors (Lipinski definition) is 1. The molecule has 4 rings (SSSR count). The van der Waals surface area contributed by atoms with Gasteiger partial charge >= 0.3 is 0 Å². The summed E-state index contributed by atoms with van der Waals surface area (Å²) in [5, 5.41) is 2.94. The number of imidazole rings is 1. The molecular weight excluding hydrogens is 452 g/mol. The van der Waals surface area contributed by atoms with E-state index in [-0.39, 0.29) is 5.91 Å². The summed E-state index contributed by atoms with van der Waals surface area (Å²) in [7, 11) is 3.72. The van der Waals surface area contributed by atoms with Crippen molar-refractivity contribution in [3.63, 3.8) is 0 Å². The molecule has 0 saturated heterocycles. The lowest BCUT2D eigenvalue weighted by Gasteiger charge is -2.20. The molecule has 1 N–H and O–H groups in total. The molecule has 0 aliphatic rings. The number of rotatable bonds is 12. The number of anilines is 1. The number of fused-ring (bicyclic) bond motifs is 1. The van der Waals surface area contributed by atoms with Crippen molar-refractivity contribution < 1.29 is 14.3 Å². The zero-order valence-electron chi connectivity index (χ0n) is 21.2. The van der Waals surface area contributed by atoms with E-state index in [1.54, 1.807) is 7.11 Å². The van der Waals surface area contributed by atoms with Crippen LogP contribution >= 0.6 is 0 Å². The Bertz CT molecular complexity index is 1270. The molecule has 188 valence electrons. The molecule has 1 amide bonds. The summed E-state index contributed by atoms with van der Waals surface area (Å²) in [4.78, 5) is 19.9. The van der Waals surface area contributed by atoms with Crippen molar-refractivity contribution in [2.45, 2.75) is 26.2 Å². The number of hydrogen-bond acceptors (Lipinski definition) is 5. The highest BCUT2D eigenvalue weighted by Crippen LogP contribution is 2.24. The molecule has 2 aromatic heterocycles. The SMILES string of the molecule is CCc1nc2ccc(C(=O)NCCOc3ccc(OC)cc3)cn2c1N(C)CCCc1ccccc1. The van der Waals surface area contributed by atoms with E-state index in [2.05, 4.69) is 48.5 Å². The summed E-state index contributed by atoms with van der Waals surface area (Å²) >= 11 is 0. The number of aryl methyl sites for hydroxylation is 2. The second kappa shape index (κ2) is 12.1. The fourth-order valence-corrected chi connectivity index (χ4v) is 4.24. The molecule has 2 aromatic carbocycles. The van der Waals surface area contributed by atoms with E-state index in [0.29, 0.717) is 18.7 Å². The number of carbonyl (C=O) groups excluding carboxylic acids is 1. The number of nitrogens with zero attached hydrogens (tertiary/aromatic N) is 3. The Kier molecular flexibility index (Phi) is 8.44. The smallest absolute Gasteiger partial charge is 0.252 e. The molecule has 0 aliphatic carbocycles. The maximum Gasteiger partial charge on any atom is 0.252 e. The van der Waals surface area contributed by atoms with Gasteiger partial charge in [-0.25, -0.2) is 4.98 Å². The number of methoxy groups -OCH3 is 1. The highest BCUT2D eigenvalue weighted by atomic mass is 16.5. The zero-order valence-corrected chi connectivity index (χ0v) is 21.2. The van der Waals surface area contributed by atoms with Gasteiger partial charge in [0.05, 0.1) is 24.9 Å². The van der Waals surface area contributed by atoms with Crippen LogP contribution in [0.25, 0.3) is 5.65 Å². The van der Waals surface area contributed by atoms with Crippen molar-refractivity contribution in [2.24, 2.45) is 0 Å². The van der Waals surface area contributed by atoms with E-state index in [4.69, 9.17) is 14.5 Å². The van der Waals surface area contributed by atoms with Crippen LogP contribution in [0.4, 0.5) is 5.82 Å². The van der Waals surface area contributed by atoms with Crippen LogP contribution in [0.15, 0.2) is 72.9 Å². The first-order valence-electron chi connectivity index (χ1n) is 12.4. The third-order valence-electron chi connectivity index (χ3n) is 6.14. The molecule has 0 unspecified atom stereocenters. The zero-order chi connectivity index (χ0) is 25.3. The highest BCUT2D eigenvalue weighted by Gasteiger charge is 2.16. The number of nitrogens with one attached hydrogen (secondary N) is 1. The predicted octanol–water partition coefficient (Wildman–Crippen LogP) is 4.78. The molecule has 0 atom stereocenters. The first-order valence-corrected chi connectivity index (χ1v) is 12.4. The van der Waals surface area contributed by atoms with E-state index in [9.17, 15) is 4.79 Å². The molecule has 0 spiro atoms. The van der Waals surface area contributed by atoms with E-state index in [1.165, 1.54) is 5.56 Å². The normalized spacial score (nSPS) is 10.9. The van der Waals surface area contributed by atoms with Gasteiger partial charge < -0.3 is 19.7 Å². The van der Waals surface area contributed by atoms with E-state index >= 15 is 0 Å². The maximum atomic E-state index is 12.8. The monoisotopic (exact) mass is 486 g/mol. The summed E-state index contributed by atoms with van der Waals surface area (Å²) in [6.07, 6.45) is 4.76. The van der Waals surface area contributed by atoms with Gasteiger partial charge in [-0.15, -0.1) is 0 Å². The summed E-state index contributed by atoms with van der Waals surface area (Å²) in [5.41, 5.74) is 3.81. The topological polar surface area (TPSA) is 68.1 Å². The van der Waals surface area contributed by atoms with Crippen LogP contribution < -0.4 is 19.7 Å². The molecule has 0 saturated carbocycles. The highest BCUT2D eigenvalue weighted by molar-refractivity contribution is 5.94. The molecule has 7 heteroatoms. The van der Waals surface area contributed by atoms with Gasteiger partial charge in [0, 0.05) is 19.8 Å². The van der Waals surface area contributed by atoms with Crippen molar-refractivity contribution in [1.82, 2.24) is 14.7 Å². The Hall–Kier alpha value is -4.00. The third-order valence-corrected chi connectivity index (χ3v) is 6.14. The fourth-order valence-electron chi connectivity index (χ4n) is 4.24. The van der Waals surface area contributed by atoms with Crippen LogP contribution in [0.2, 0.25) is 0 Å². The minimum atomic E-state index is -0.139. The molecule has 2 heterocycles. The Labute approximate surface area is 212 Å².